The molecule has 1 aliphatic rings. The van der Waals surface area contributed by atoms with E-state index in [1.165, 1.54) is 23.5 Å². The molecule has 8 nitrogen and oxygen atoms in total. The van der Waals surface area contributed by atoms with Crippen molar-refractivity contribution in [3.05, 3.63) is 48.5 Å². The number of amides is 2. The molecule has 2 amide bonds. The lowest BCUT2D eigenvalue weighted by Gasteiger charge is -2.29. The maximum atomic E-state index is 13.0. The Morgan fingerprint density at radius 1 is 1.09 bits per heavy atom. The number of anilines is 3. The molecule has 2 heterocycles. The number of benzene rings is 2. The summed E-state index contributed by atoms with van der Waals surface area (Å²) in [6.07, 6.45) is -8.57. The number of hydrogen-bond acceptors (Lipinski definition) is 7. The molecule has 2 N–H and O–H groups in total. The summed E-state index contributed by atoms with van der Waals surface area (Å²) in [5, 5.41) is 14.0. The van der Waals surface area contributed by atoms with Crippen LogP contribution in [0.15, 0.2) is 48.5 Å². The second-order valence-corrected chi connectivity index (χ2v) is 8.11. The first-order chi connectivity index (χ1) is 16.3. The number of rotatable bonds is 7. The second kappa shape index (κ2) is 10.2. The van der Waals surface area contributed by atoms with Gasteiger partial charge in [0.15, 0.2) is 0 Å². The zero-order valence-corrected chi connectivity index (χ0v) is 18.3. The second-order valence-electron chi connectivity index (χ2n) is 7.13. The minimum Gasteiger partial charge on any atom is -0.428 e. The molecule has 0 atom stereocenters. The Morgan fingerprint density at radius 2 is 1.82 bits per heavy atom. The highest BCUT2D eigenvalue weighted by Gasteiger charge is 2.43. The summed E-state index contributed by atoms with van der Waals surface area (Å²) in [6, 6.07) is 11.7. The van der Waals surface area contributed by atoms with E-state index in [9.17, 15) is 22.4 Å². The number of halogens is 4. The van der Waals surface area contributed by atoms with Crippen molar-refractivity contribution >= 4 is 33.9 Å². The molecule has 0 unspecified atom stereocenters. The van der Waals surface area contributed by atoms with E-state index in [0.29, 0.717) is 18.2 Å². The first-order valence-corrected chi connectivity index (χ1v) is 10.9. The van der Waals surface area contributed by atoms with Crippen molar-refractivity contribution in [2.75, 3.05) is 41.8 Å². The molecule has 2 aromatic carbocycles. The highest BCUT2D eigenvalue weighted by molar-refractivity contribution is 7.18. The highest BCUT2D eigenvalue weighted by atomic mass is 32.1. The summed E-state index contributed by atoms with van der Waals surface area (Å²) in [5.74, 6) is -0.468. The molecule has 0 bridgehead atoms. The summed E-state index contributed by atoms with van der Waals surface area (Å²) >= 11 is 1.18. The Morgan fingerprint density at radius 3 is 2.53 bits per heavy atom. The zero-order valence-electron chi connectivity index (χ0n) is 17.5. The standard InChI is InChI=1S/C21H19F4N5O3S/c22-18(23)21(24,25)33-16-6-4-14(5-7-16)26-19(31)27-20-29-28-17(34-20)13-2-1-3-15(12-13)30-8-10-32-11-9-30/h1-7,12,18H,8-11H2,(H2,26,27,29,31). The Balaban J connectivity index is 1.35. The Hall–Kier alpha value is -3.45. The summed E-state index contributed by atoms with van der Waals surface area (Å²) in [5.41, 5.74) is 2.13. The van der Waals surface area contributed by atoms with E-state index in [1.807, 2.05) is 24.3 Å². The van der Waals surface area contributed by atoms with Crippen LogP contribution >= 0.6 is 11.3 Å². The smallest absolute Gasteiger partial charge is 0.428 e. The average Bonchev–Trinajstić information content (AvgIpc) is 3.29. The Kier molecular flexibility index (Phi) is 7.12. The number of nitrogens with zero attached hydrogens (tertiary/aromatic N) is 3. The molecule has 3 aromatic rings. The molecule has 34 heavy (non-hydrogen) atoms. The normalized spacial score (nSPS) is 14.2. The third-order valence-corrected chi connectivity index (χ3v) is 5.62. The number of urea groups is 1. The van der Waals surface area contributed by atoms with Crippen molar-refractivity contribution in [3.8, 4) is 16.3 Å². The molecule has 0 saturated carbocycles. The lowest BCUT2D eigenvalue weighted by atomic mass is 10.2. The van der Waals surface area contributed by atoms with Crippen LogP contribution in [0.5, 0.6) is 5.75 Å². The van der Waals surface area contributed by atoms with Gasteiger partial charge in [0.1, 0.15) is 10.8 Å². The van der Waals surface area contributed by atoms with Crippen molar-refractivity contribution in [1.29, 1.82) is 0 Å². The van der Waals surface area contributed by atoms with Crippen LogP contribution in [0, 0.1) is 0 Å². The van der Waals surface area contributed by atoms with Crippen LogP contribution in [-0.2, 0) is 4.74 Å². The van der Waals surface area contributed by atoms with E-state index in [4.69, 9.17) is 4.74 Å². The average molecular weight is 497 g/mol. The molecule has 1 aromatic heterocycles. The number of alkyl halides is 4. The van der Waals surface area contributed by atoms with Crippen molar-refractivity contribution in [2.45, 2.75) is 12.5 Å². The lowest BCUT2D eigenvalue weighted by Crippen LogP contribution is -2.36. The molecular formula is C21H19F4N5O3S. The molecule has 13 heteroatoms. The lowest BCUT2D eigenvalue weighted by molar-refractivity contribution is -0.253. The van der Waals surface area contributed by atoms with Gasteiger partial charge < -0.3 is 19.7 Å². The molecule has 180 valence electrons. The molecule has 0 spiro atoms. The third kappa shape index (κ3) is 5.91. The van der Waals surface area contributed by atoms with Crippen molar-refractivity contribution in [3.63, 3.8) is 0 Å². The van der Waals surface area contributed by atoms with Crippen molar-refractivity contribution in [1.82, 2.24) is 10.2 Å². The number of nitrogens with one attached hydrogen (secondary N) is 2. The molecule has 0 radical (unpaired) electrons. The first kappa shape index (κ1) is 23.7. The third-order valence-electron chi connectivity index (χ3n) is 4.73. The highest BCUT2D eigenvalue weighted by Crippen LogP contribution is 2.30. The minimum atomic E-state index is -4.61. The maximum Gasteiger partial charge on any atom is 0.461 e. The monoisotopic (exact) mass is 497 g/mol. The Labute approximate surface area is 195 Å². The zero-order chi connectivity index (χ0) is 24.1. The van der Waals surface area contributed by atoms with E-state index >= 15 is 0 Å². The fourth-order valence-corrected chi connectivity index (χ4v) is 3.85. The van der Waals surface area contributed by atoms with Crippen LogP contribution in [0.25, 0.3) is 10.6 Å². The van der Waals surface area contributed by atoms with Gasteiger partial charge in [-0.25, -0.2) is 4.79 Å². The number of ether oxygens (including phenoxy) is 2. The quantitative estimate of drug-likeness (QED) is 0.451. The van der Waals surface area contributed by atoms with E-state index in [2.05, 4.69) is 30.5 Å². The van der Waals surface area contributed by atoms with Crippen molar-refractivity contribution < 1.29 is 31.8 Å². The Bertz CT molecular complexity index is 1120. The van der Waals surface area contributed by atoms with Crippen molar-refractivity contribution in [2.24, 2.45) is 0 Å². The van der Waals surface area contributed by atoms with Gasteiger partial charge in [0.2, 0.25) is 5.13 Å². The van der Waals surface area contributed by atoms with Crippen LogP contribution in [0.4, 0.5) is 38.9 Å². The predicted molar refractivity (Wildman–Crippen MR) is 119 cm³/mol. The van der Waals surface area contributed by atoms with E-state index in [1.54, 1.807) is 0 Å². The molecule has 1 saturated heterocycles. The summed E-state index contributed by atoms with van der Waals surface area (Å²) in [6.45, 7) is 2.94. The summed E-state index contributed by atoms with van der Waals surface area (Å²) in [4.78, 5) is 14.5. The van der Waals surface area contributed by atoms with Crippen LogP contribution in [-0.4, -0.2) is 55.1 Å². The van der Waals surface area contributed by atoms with Crippen LogP contribution in [0.2, 0.25) is 0 Å². The van der Waals surface area contributed by atoms with E-state index in [0.717, 1.165) is 36.5 Å². The van der Waals surface area contributed by atoms with Gasteiger partial charge >= 0.3 is 18.6 Å². The van der Waals surface area contributed by atoms with Gasteiger partial charge in [-0.15, -0.1) is 10.2 Å². The molecule has 0 aliphatic carbocycles. The number of aromatic nitrogens is 2. The number of carbonyl (C=O) groups excluding carboxylic acids is 1. The van der Waals surface area contributed by atoms with Gasteiger partial charge in [0.05, 0.1) is 13.2 Å². The number of morpholine rings is 1. The fraction of sp³-hybridized carbons (Fsp3) is 0.286. The number of carbonyl (C=O) groups is 1. The van der Waals surface area contributed by atoms with Gasteiger partial charge in [-0.05, 0) is 36.4 Å². The first-order valence-electron chi connectivity index (χ1n) is 10.1. The summed E-state index contributed by atoms with van der Waals surface area (Å²) < 4.78 is 59.7. The number of hydrogen-bond donors (Lipinski definition) is 2. The molecule has 1 fully saturated rings. The SMILES string of the molecule is O=C(Nc1ccc(OC(F)(F)C(F)F)cc1)Nc1nnc(-c2cccc(N3CCOCC3)c2)s1. The van der Waals surface area contributed by atoms with Crippen LogP contribution < -0.4 is 20.3 Å². The van der Waals surface area contributed by atoms with Gasteiger partial charge in [0.25, 0.3) is 0 Å². The maximum absolute atomic E-state index is 13.0. The minimum absolute atomic E-state index is 0.230. The van der Waals surface area contributed by atoms with Gasteiger partial charge in [-0.2, -0.15) is 17.6 Å². The van der Waals surface area contributed by atoms with Gasteiger partial charge in [-0.3, -0.25) is 5.32 Å². The van der Waals surface area contributed by atoms with E-state index < -0.39 is 24.3 Å². The van der Waals surface area contributed by atoms with Gasteiger partial charge in [0, 0.05) is 30.0 Å². The van der Waals surface area contributed by atoms with Gasteiger partial charge in [-0.1, -0.05) is 23.5 Å². The summed E-state index contributed by atoms with van der Waals surface area (Å²) in [7, 11) is 0. The van der Waals surface area contributed by atoms with Crippen LogP contribution in [0.3, 0.4) is 0 Å². The molecule has 1 aliphatic heterocycles. The molecular weight excluding hydrogens is 478 g/mol. The largest absolute Gasteiger partial charge is 0.461 e. The van der Waals surface area contributed by atoms with Crippen LogP contribution in [0.1, 0.15) is 0 Å². The molecule has 4 rings (SSSR count). The topological polar surface area (TPSA) is 88.6 Å². The van der Waals surface area contributed by atoms with E-state index in [-0.39, 0.29) is 10.8 Å². The fourth-order valence-electron chi connectivity index (χ4n) is 3.12. The predicted octanol–water partition coefficient (Wildman–Crippen LogP) is 4.92.